The number of carbonyl (C=O) groups is 1. The molecular weight excluding hydrogens is 444 g/mol. The van der Waals surface area contributed by atoms with E-state index in [1.807, 2.05) is 24.3 Å². The highest BCUT2D eigenvalue weighted by Gasteiger charge is 2.43. The van der Waals surface area contributed by atoms with E-state index in [9.17, 15) is 18.0 Å². The number of amides is 1. The van der Waals surface area contributed by atoms with Gasteiger partial charge in [0.05, 0.1) is 0 Å². The zero-order valence-corrected chi connectivity index (χ0v) is 19.6. The fraction of sp³-hybridized carbons (Fsp3) is 0.417. The van der Waals surface area contributed by atoms with Crippen LogP contribution >= 0.6 is 0 Å². The molecular formula is C24H30N2O6S. The molecule has 1 aliphatic carbocycles. The minimum atomic E-state index is -3.83. The van der Waals surface area contributed by atoms with Crippen LogP contribution in [0.15, 0.2) is 53.5 Å². The van der Waals surface area contributed by atoms with Crippen molar-refractivity contribution in [2.24, 2.45) is 11.8 Å². The number of aromatic nitrogens is 1. The lowest BCUT2D eigenvalue weighted by molar-refractivity contribution is -0.131. The first-order chi connectivity index (χ1) is 15.6. The Morgan fingerprint density at radius 3 is 2.42 bits per heavy atom. The second-order valence-corrected chi connectivity index (χ2v) is 11.3. The standard InChI is InChI=1S/C24H30N2O6S/c1-24(23(29)25-30,33(2,31)32)10-12-26-11-9-21(15-22(26)28)20-7-5-17(6-8-20)3-4-18-13-19(14-18)16-27/h3-9,11,15,18-19,27,30H,10,12-14,16H2,1-2H3,(H,25,29). The number of allylic oxidation sites excluding steroid dienone is 1. The van der Waals surface area contributed by atoms with E-state index in [0.717, 1.165) is 35.8 Å². The second kappa shape index (κ2) is 10.0. The molecule has 1 aromatic heterocycles. The Morgan fingerprint density at radius 2 is 1.88 bits per heavy atom. The van der Waals surface area contributed by atoms with Crippen molar-refractivity contribution in [2.75, 3.05) is 12.9 Å². The van der Waals surface area contributed by atoms with Crippen LogP contribution in [-0.4, -0.2) is 46.8 Å². The summed E-state index contributed by atoms with van der Waals surface area (Å²) in [6, 6.07) is 11.1. The van der Waals surface area contributed by atoms with Crippen molar-refractivity contribution in [2.45, 2.75) is 37.5 Å². The number of pyridine rings is 1. The summed E-state index contributed by atoms with van der Waals surface area (Å²) in [6.07, 6.45) is 8.61. The molecule has 0 spiro atoms. The third-order valence-electron chi connectivity index (χ3n) is 6.56. The first kappa shape index (κ1) is 24.9. The number of nitrogens with zero attached hydrogens (tertiary/aromatic N) is 1. The molecule has 1 heterocycles. The van der Waals surface area contributed by atoms with Gasteiger partial charge in [0.2, 0.25) is 0 Å². The quantitative estimate of drug-likeness (QED) is 0.378. The molecule has 1 atom stereocenters. The third-order valence-corrected chi connectivity index (χ3v) is 8.59. The molecule has 3 N–H and O–H groups in total. The Morgan fingerprint density at radius 1 is 1.21 bits per heavy atom. The van der Waals surface area contributed by atoms with Gasteiger partial charge in [-0.25, -0.2) is 13.9 Å². The van der Waals surface area contributed by atoms with Gasteiger partial charge in [-0.05, 0) is 60.8 Å². The van der Waals surface area contributed by atoms with Crippen molar-refractivity contribution < 1.29 is 23.5 Å². The molecule has 1 fully saturated rings. The Hall–Kier alpha value is -2.75. The van der Waals surface area contributed by atoms with Crippen molar-refractivity contribution in [3.8, 4) is 11.1 Å². The molecule has 1 unspecified atom stereocenters. The van der Waals surface area contributed by atoms with Crippen LogP contribution in [0.2, 0.25) is 0 Å². The van der Waals surface area contributed by atoms with E-state index in [1.54, 1.807) is 12.3 Å². The van der Waals surface area contributed by atoms with E-state index in [1.165, 1.54) is 23.0 Å². The van der Waals surface area contributed by atoms with E-state index < -0.39 is 20.5 Å². The van der Waals surface area contributed by atoms with Crippen LogP contribution in [0, 0.1) is 11.8 Å². The molecule has 0 aliphatic heterocycles. The van der Waals surface area contributed by atoms with Gasteiger partial charge in [-0.1, -0.05) is 36.4 Å². The first-order valence-corrected chi connectivity index (χ1v) is 12.7. The molecule has 1 amide bonds. The van der Waals surface area contributed by atoms with Crippen molar-refractivity contribution in [3.63, 3.8) is 0 Å². The summed E-state index contributed by atoms with van der Waals surface area (Å²) in [7, 11) is -3.83. The number of hydrogen-bond donors (Lipinski definition) is 3. The lowest BCUT2D eigenvalue weighted by Crippen LogP contribution is -2.49. The van der Waals surface area contributed by atoms with E-state index in [-0.39, 0.29) is 25.1 Å². The summed E-state index contributed by atoms with van der Waals surface area (Å²) >= 11 is 0. The van der Waals surface area contributed by atoms with E-state index >= 15 is 0 Å². The fourth-order valence-electron chi connectivity index (χ4n) is 3.92. The minimum Gasteiger partial charge on any atom is -0.396 e. The van der Waals surface area contributed by atoms with E-state index in [0.29, 0.717) is 11.8 Å². The third kappa shape index (κ3) is 5.61. The molecule has 33 heavy (non-hydrogen) atoms. The Balaban J connectivity index is 1.68. The highest BCUT2D eigenvalue weighted by atomic mass is 32.2. The smallest absolute Gasteiger partial charge is 0.264 e. The van der Waals surface area contributed by atoms with Gasteiger partial charge >= 0.3 is 0 Å². The number of nitrogens with one attached hydrogen (secondary N) is 1. The summed E-state index contributed by atoms with van der Waals surface area (Å²) in [5.41, 5.74) is 3.75. The molecule has 1 aromatic carbocycles. The maximum absolute atomic E-state index is 12.6. The zero-order chi connectivity index (χ0) is 24.2. The number of aliphatic hydroxyl groups is 1. The first-order valence-electron chi connectivity index (χ1n) is 10.8. The summed E-state index contributed by atoms with van der Waals surface area (Å²) < 4.78 is 23.7. The second-order valence-electron chi connectivity index (χ2n) is 8.90. The topological polar surface area (TPSA) is 126 Å². The van der Waals surface area contributed by atoms with Crippen LogP contribution in [0.25, 0.3) is 17.2 Å². The molecule has 178 valence electrons. The largest absolute Gasteiger partial charge is 0.396 e. The van der Waals surface area contributed by atoms with Gasteiger partial charge in [-0.3, -0.25) is 14.8 Å². The number of sulfone groups is 1. The van der Waals surface area contributed by atoms with Gasteiger partial charge in [0.25, 0.3) is 11.5 Å². The number of carbonyl (C=O) groups excluding carboxylic acids is 1. The van der Waals surface area contributed by atoms with Crippen LogP contribution in [-0.2, 0) is 21.2 Å². The van der Waals surface area contributed by atoms with Crippen LogP contribution < -0.4 is 11.0 Å². The Labute approximate surface area is 193 Å². The molecule has 8 nitrogen and oxygen atoms in total. The highest BCUT2D eigenvalue weighted by Crippen LogP contribution is 2.34. The van der Waals surface area contributed by atoms with Crippen LogP contribution in [0.1, 0.15) is 31.7 Å². The Bertz CT molecular complexity index is 1180. The normalized spacial score (nSPS) is 20.2. The SMILES string of the molecule is CC(CCn1ccc(-c2ccc(C=CC3CC(CO)C3)cc2)cc1=O)(C(=O)NO)S(C)(=O)=O. The van der Waals surface area contributed by atoms with Crippen LogP contribution in [0.5, 0.6) is 0 Å². The lowest BCUT2D eigenvalue weighted by atomic mass is 9.75. The molecule has 9 heteroatoms. The number of benzene rings is 1. The van der Waals surface area contributed by atoms with Crippen molar-refractivity contribution in [1.82, 2.24) is 10.0 Å². The van der Waals surface area contributed by atoms with Gasteiger partial charge in [0, 0.05) is 31.7 Å². The fourth-order valence-corrected chi connectivity index (χ4v) is 4.76. The predicted octanol–water partition coefficient (Wildman–Crippen LogP) is 2.25. The van der Waals surface area contributed by atoms with Gasteiger partial charge in [0.1, 0.15) is 0 Å². The zero-order valence-electron chi connectivity index (χ0n) is 18.8. The van der Waals surface area contributed by atoms with Gasteiger partial charge in [0.15, 0.2) is 14.6 Å². The Kier molecular flexibility index (Phi) is 7.56. The molecule has 1 aliphatic rings. The summed E-state index contributed by atoms with van der Waals surface area (Å²) in [5, 5.41) is 18.0. The molecule has 0 radical (unpaired) electrons. The average Bonchev–Trinajstić information content (AvgIpc) is 2.76. The van der Waals surface area contributed by atoms with Gasteiger partial charge in [-0.15, -0.1) is 0 Å². The van der Waals surface area contributed by atoms with Crippen molar-refractivity contribution >= 4 is 21.8 Å². The van der Waals surface area contributed by atoms with Gasteiger partial charge < -0.3 is 9.67 Å². The molecule has 3 rings (SSSR count). The molecule has 0 saturated heterocycles. The number of hydroxylamine groups is 1. The number of aliphatic hydroxyl groups excluding tert-OH is 1. The summed E-state index contributed by atoms with van der Waals surface area (Å²) in [6.45, 7) is 1.48. The number of rotatable bonds is 9. The minimum absolute atomic E-state index is 0.00184. The van der Waals surface area contributed by atoms with Crippen LogP contribution in [0.4, 0.5) is 0 Å². The summed E-state index contributed by atoms with van der Waals surface area (Å²) in [5.74, 6) is -0.0899. The molecule has 2 aromatic rings. The maximum atomic E-state index is 12.6. The molecule has 0 bridgehead atoms. The van der Waals surface area contributed by atoms with Crippen molar-refractivity contribution in [3.05, 3.63) is 64.6 Å². The lowest BCUT2D eigenvalue weighted by Gasteiger charge is -2.31. The number of hydrogen-bond acceptors (Lipinski definition) is 6. The monoisotopic (exact) mass is 474 g/mol. The number of aryl methyl sites for hydroxylation is 1. The van der Waals surface area contributed by atoms with E-state index in [2.05, 4.69) is 12.2 Å². The predicted molar refractivity (Wildman–Crippen MR) is 126 cm³/mol. The van der Waals surface area contributed by atoms with Crippen molar-refractivity contribution in [1.29, 1.82) is 0 Å². The maximum Gasteiger partial charge on any atom is 0.264 e. The van der Waals surface area contributed by atoms with Crippen LogP contribution in [0.3, 0.4) is 0 Å². The molecule has 1 saturated carbocycles. The summed E-state index contributed by atoms with van der Waals surface area (Å²) in [4.78, 5) is 24.5. The van der Waals surface area contributed by atoms with Gasteiger partial charge in [-0.2, -0.15) is 0 Å². The average molecular weight is 475 g/mol. The van der Waals surface area contributed by atoms with E-state index in [4.69, 9.17) is 10.3 Å². The highest BCUT2D eigenvalue weighted by molar-refractivity contribution is 7.92.